The summed E-state index contributed by atoms with van der Waals surface area (Å²) in [4.78, 5) is 26.3. The van der Waals surface area contributed by atoms with Gasteiger partial charge >= 0.3 is 0 Å². The maximum atomic E-state index is 13.1. The number of hydrogen-bond donors (Lipinski definition) is 2. The Labute approximate surface area is 166 Å². The first-order valence-electron chi connectivity index (χ1n) is 9.06. The summed E-state index contributed by atoms with van der Waals surface area (Å²) in [7, 11) is 0. The molecular weight excluding hydrogens is 362 g/mol. The molecule has 27 heavy (non-hydrogen) atoms. The van der Waals surface area contributed by atoms with Crippen LogP contribution in [0.15, 0.2) is 48.5 Å². The van der Waals surface area contributed by atoms with Crippen molar-refractivity contribution in [2.45, 2.75) is 26.3 Å². The van der Waals surface area contributed by atoms with E-state index in [2.05, 4.69) is 41.8 Å². The Bertz CT molecular complexity index is 792. The number of piperazine rings is 1. The molecular formula is C21H26ClN3O2. The molecule has 2 aromatic carbocycles. The van der Waals surface area contributed by atoms with Crippen molar-refractivity contribution in [3.63, 3.8) is 0 Å². The maximum Gasteiger partial charge on any atom is 0.254 e. The van der Waals surface area contributed by atoms with E-state index >= 15 is 0 Å². The molecule has 1 heterocycles. The smallest absolute Gasteiger partial charge is 0.254 e. The molecule has 1 atom stereocenters. The van der Waals surface area contributed by atoms with Crippen LogP contribution in [-0.2, 0) is 11.2 Å². The van der Waals surface area contributed by atoms with E-state index in [9.17, 15) is 9.59 Å². The molecule has 0 aliphatic carbocycles. The molecule has 0 radical (unpaired) electrons. The fraction of sp³-hybridized carbons (Fsp3) is 0.333. The van der Waals surface area contributed by atoms with E-state index in [0.29, 0.717) is 17.8 Å². The summed E-state index contributed by atoms with van der Waals surface area (Å²) >= 11 is 0. The number of carbonyl (C=O) groups is 2. The van der Waals surface area contributed by atoms with E-state index < -0.39 is 0 Å². The zero-order valence-electron chi connectivity index (χ0n) is 15.7. The van der Waals surface area contributed by atoms with E-state index in [1.54, 1.807) is 24.3 Å². The average molecular weight is 388 g/mol. The van der Waals surface area contributed by atoms with Gasteiger partial charge < -0.3 is 15.5 Å². The Balaban J connectivity index is 0.00000261. The molecule has 1 fully saturated rings. The van der Waals surface area contributed by atoms with Crippen molar-refractivity contribution in [1.82, 2.24) is 10.2 Å². The van der Waals surface area contributed by atoms with Crippen molar-refractivity contribution in [2.24, 2.45) is 0 Å². The van der Waals surface area contributed by atoms with Crippen LogP contribution in [0.2, 0.25) is 0 Å². The number of amides is 2. The monoisotopic (exact) mass is 387 g/mol. The van der Waals surface area contributed by atoms with Gasteiger partial charge in [0.15, 0.2) is 0 Å². The zero-order chi connectivity index (χ0) is 18.5. The lowest BCUT2D eigenvalue weighted by Crippen LogP contribution is -2.48. The van der Waals surface area contributed by atoms with Crippen LogP contribution >= 0.6 is 12.4 Å². The predicted octanol–water partition coefficient (Wildman–Crippen LogP) is 3.42. The van der Waals surface area contributed by atoms with E-state index in [0.717, 1.165) is 25.1 Å². The van der Waals surface area contributed by atoms with Gasteiger partial charge in [0.1, 0.15) is 0 Å². The second kappa shape index (κ2) is 9.53. The van der Waals surface area contributed by atoms with Gasteiger partial charge in [0, 0.05) is 37.8 Å². The minimum absolute atomic E-state index is 0. The highest BCUT2D eigenvalue weighted by atomic mass is 35.5. The van der Waals surface area contributed by atoms with Crippen LogP contribution in [0, 0.1) is 0 Å². The quantitative estimate of drug-likeness (QED) is 0.845. The van der Waals surface area contributed by atoms with Crippen molar-refractivity contribution >= 4 is 29.9 Å². The van der Waals surface area contributed by atoms with Crippen molar-refractivity contribution in [1.29, 1.82) is 0 Å². The molecule has 2 aromatic rings. The van der Waals surface area contributed by atoms with Gasteiger partial charge in [-0.15, -0.1) is 12.4 Å². The topological polar surface area (TPSA) is 61.4 Å². The molecule has 1 saturated heterocycles. The fourth-order valence-corrected chi connectivity index (χ4v) is 3.32. The van der Waals surface area contributed by atoms with Crippen LogP contribution in [-0.4, -0.2) is 36.3 Å². The van der Waals surface area contributed by atoms with Gasteiger partial charge in [-0.25, -0.2) is 0 Å². The standard InChI is InChI=1S/C21H25N3O2.ClH/c1-3-16-7-9-17(10-8-16)20-14-22-11-12-24(20)21(26)18-5-4-6-19(13-18)23-15(2)25;/h4-10,13,20,22H,3,11-12,14H2,1-2H3,(H,23,25);1H. The lowest BCUT2D eigenvalue weighted by Gasteiger charge is -2.36. The first-order chi connectivity index (χ1) is 12.6. The third kappa shape index (κ3) is 5.08. The first-order valence-corrected chi connectivity index (χ1v) is 9.06. The predicted molar refractivity (Wildman–Crippen MR) is 110 cm³/mol. The molecule has 0 spiro atoms. The highest BCUT2D eigenvalue weighted by Crippen LogP contribution is 2.25. The molecule has 1 unspecified atom stereocenters. The number of carbonyl (C=O) groups excluding carboxylic acids is 2. The Hall–Kier alpha value is -2.37. The molecule has 1 aliphatic rings. The number of anilines is 1. The molecule has 1 aliphatic heterocycles. The summed E-state index contributed by atoms with van der Waals surface area (Å²) in [5.74, 6) is -0.158. The van der Waals surface area contributed by atoms with Gasteiger partial charge in [0.05, 0.1) is 6.04 Å². The van der Waals surface area contributed by atoms with Crippen LogP contribution < -0.4 is 10.6 Å². The molecule has 5 nitrogen and oxygen atoms in total. The number of hydrogen-bond acceptors (Lipinski definition) is 3. The zero-order valence-corrected chi connectivity index (χ0v) is 16.5. The van der Waals surface area contributed by atoms with Gasteiger partial charge in [0.2, 0.25) is 5.91 Å². The molecule has 0 saturated carbocycles. The Kier molecular flexibility index (Phi) is 7.39. The number of nitrogens with zero attached hydrogens (tertiary/aromatic N) is 1. The van der Waals surface area contributed by atoms with Crippen molar-refractivity contribution in [3.8, 4) is 0 Å². The van der Waals surface area contributed by atoms with Gasteiger partial charge in [0.25, 0.3) is 5.91 Å². The van der Waals surface area contributed by atoms with Crippen LogP contribution in [0.25, 0.3) is 0 Å². The summed E-state index contributed by atoms with van der Waals surface area (Å²) in [5.41, 5.74) is 3.66. The number of aryl methyl sites for hydroxylation is 1. The van der Waals surface area contributed by atoms with E-state index in [4.69, 9.17) is 0 Å². The minimum Gasteiger partial charge on any atom is -0.329 e. The molecule has 2 N–H and O–H groups in total. The number of halogens is 1. The van der Waals surface area contributed by atoms with E-state index in [1.807, 2.05) is 4.90 Å². The summed E-state index contributed by atoms with van der Waals surface area (Å²) in [6.07, 6.45) is 1.00. The molecule has 2 amide bonds. The summed E-state index contributed by atoms with van der Waals surface area (Å²) in [5, 5.41) is 6.12. The number of benzene rings is 2. The number of rotatable bonds is 4. The van der Waals surface area contributed by atoms with E-state index in [1.165, 1.54) is 12.5 Å². The summed E-state index contributed by atoms with van der Waals surface area (Å²) in [6, 6.07) is 15.6. The van der Waals surface area contributed by atoms with Crippen molar-refractivity contribution < 1.29 is 9.59 Å². The van der Waals surface area contributed by atoms with Crippen LogP contribution in [0.4, 0.5) is 5.69 Å². The maximum absolute atomic E-state index is 13.1. The number of nitrogens with one attached hydrogen (secondary N) is 2. The van der Waals surface area contributed by atoms with E-state index in [-0.39, 0.29) is 30.3 Å². The van der Waals surface area contributed by atoms with Crippen LogP contribution in [0.5, 0.6) is 0 Å². The minimum atomic E-state index is -0.148. The Morgan fingerprint density at radius 3 is 2.59 bits per heavy atom. The van der Waals surface area contributed by atoms with Gasteiger partial charge in [-0.3, -0.25) is 9.59 Å². The van der Waals surface area contributed by atoms with Crippen molar-refractivity contribution in [3.05, 3.63) is 65.2 Å². The Morgan fingerprint density at radius 2 is 1.93 bits per heavy atom. The highest BCUT2D eigenvalue weighted by molar-refractivity contribution is 5.97. The van der Waals surface area contributed by atoms with Crippen LogP contribution in [0.1, 0.15) is 41.4 Å². The largest absolute Gasteiger partial charge is 0.329 e. The van der Waals surface area contributed by atoms with Gasteiger partial charge in [-0.05, 0) is 35.7 Å². The van der Waals surface area contributed by atoms with Gasteiger partial charge in [-0.2, -0.15) is 0 Å². The lowest BCUT2D eigenvalue weighted by molar-refractivity contribution is -0.114. The molecule has 0 bridgehead atoms. The molecule has 3 rings (SSSR count). The second-order valence-corrected chi connectivity index (χ2v) is 6.58. The molecule has 6 heteroatoms. The fourth-order valence-electron chi connectivity index (χ4n) is 3.32. The molecule has 144 valence electrons. The third-order valence-corrected chi connectivity index (χ3v) is 4.71. The first kappa shape index (κ1) is 20.9. The third-order valence-electron chi connectivity index (χ3n) is 4.71. The normalized spacial score (nSPS) is 16.4. The Morgan fingerprint density at radius 1 is 1.19 bits per heavy atom. The second-order valence-electron chi connectivity index (χ2n) is 6.58. The summed E-state index contributed by atoms with van der Waals surface area (Å²) < 4.78 is 0. The highest BCUT2D eigenvalue weighted by Gasteiger charge is 2.28. The average Bonchev–Trinajstić information content (AvgIpc) is 2.67. The summed E-state index contributed by atoms with van der Waals surface area (Å²) in [6.45, 7) is 5.77. The SMILES string of the molecule is CCc1ccc(C2CNCCN2C(=O)c2cccc(NC(C)=O)c2)cc1.Cl. The van der Waals surface area contributed by atoms with Crippen LogP contribution in [0.3, 0.4) is 0 Å². The van der Waals surface area contributed by atoms with Crippen molar-refractivity contribution in [2.75, 3.05) is 25.0 Å². The lowest BCUT2D eigenvalue weighted by atomic mass is 10.00. The van der Waals surface area contributed by atoms with Gasteiger partial charge in [-0.1, -0.05) is 37.3 Å². The molecule has 0 aromatic heterocycles.